The zero-order valence-corrected chi connectivity index (χ0v) is 53.6. The predicted molar refractivity (Wildman–Crippen MR) is 332 cm³/mol. The lowest BCUT2D eigenvalue weighted by atomic mass is 9.91. The van der Waals surface area contributed by atoms with Gasteiger partial charge in [0.2, 0.25) is 5.91 Å². The molecule has 1 N–H and O–H groups in total. The number of methoxy groups -OCH3 is 1. The zero-order chi connectivity index (χ0) is 62.8. The number of aryl methyl sites for hydroxylation is 1. The van der Waals surface area contributed by atoms with Gasteiger partial charge in [-0.2, -0.15) is 0 Å². The van der Waals surface area contributed by atoms with E-state index < -0.39 is 56.6 Å². The van der Waals surface area contributed by atoms with Gasteiger partial charge in [0.1, 0.15) is 25.6 Å². The Morgan fingerprint density at radius 2 is 1.34 bits per heavy atom. The average Bonchev–Trinajstić information content (AvgIpc) is 1.96. The molecule has 470 valence electrons. The van der Waals surface area contributed by atoms with Crippen LogP contribution in [0.5, 0.6) is 17.2 Å². The quantitative estimate of drug-likeness (QED) is 0.0275. The van der Waals surface area contributed by atoms with Crippen molar-refractivity contribution in [2.24, 2.45) is 22.7 Å². The van der Waals surface area contributed by atoms with E-state index in [9.17, 15) is 28.8 Å². The molecule has 9 rings (SSSR count). The number of hydrogen-bond acceptors (Lipinski definition) is 14. The summed E-state index contributed by atoms with van der Waals surface area (Å²) in [7, 11) is -1.12. The van der Waals surface area contributed by atoms with Crippen LogP contribution in [0.1, 0.15) is 143 Å². The van der Waals surface area contributed by atoms with Crippen LogP contribution < -0.4 is 29.3 Å². The molecule has 20 heteroatoms. The molecule has 3 aromatic rings. The molecule has 1 unspecified atom stereocenters. The number of benzene rings is 3. The van der Waals surface area contributed by atoms with Crippen LogP contribution in [0.25, 0.3) is 0 Å². The van der Waals surface area contributed by atoms with Crippen molar-refractivity contribution in [3.63, 3.8) is 0 Å². The summed E-state index contributed by atoms with van der Waals surface area (Å²) in [4.78, 5) is 104. The molecule has 0 bridgehead atoms. The second-order valence-corrected chi connectivity index (χ2v) is 31.6. The van der Waals surface area contributed by atoms with Gasteiger partial charge in [-0.05, 0) is 135 Å². The molecule has 2 saturated heterocycles. The van der Waals surface area contributed by atoms with Gasteiger partial charge >= 0.3 is 18.2 Å². The largest absolute Gasteiger partial charge is 0.493 e. The molecule has 0 aromatic heterocycles. The summed E-state index contributed by atoms with van der Waals surface area (Å²) < 4.78 is 42.8. The number of unbranched alkanes of at least 4 members (excludes halogenated alkanes) is 2. The maximum absolute atomic E-state index is 15.1. The van der Waals surface area contributed by atoms with Crippen molar-refractivity contribution in [2.75, 3.05) is 63.0 Å². The predicted octanol–water partition coefficient (Wildman–Crippen LogP) is 11.3. The fourth-order valence-electron chi connectivity index (χ4n) is 12.2. The second-order valence-electron chi connectivity index (χ2n) is 26.8. The highest BCUT2D eigenvalue weighted by Crippen LogP contribution is 2.58. The second kappa shape index (κ2) is 26.3. The Balaban J connectivity index is 0.875. The molecule has 2 saturated carbocycles. The van der Waals surface area contributed by atoms with E-state index in [0.717, 1.165) is 44.1 Å². The summed E-state index contributed by atoms with van der Waals surface area (Å²) >= 11 is 0. The Morgan fingerprint density at radius 1 is 0.747 bits per heavy atom. The topological polar surface area (TPSA) is 209 Å². The van der Waals surface area contributed by atoms with Crippen molar-refractivity contribution >= 4 is 61.4 Å². The SMILES string of the molecule is C=CCOC(=O)C[C@H](C(=O)N[C@@H](C)C(=O)Cc1ccc(COC(=O)N2c3cc(OCCCCCOc4cc5c(cc4OC)C(=O)N4CC6(CC6)C[C@H]4CN5C(=O)OCC=C)c(C)cc3C(=O)N3CC4(CC4)C[C@H]3C2O[Si](C)(C)C(C)(C)C)cc1)C(C)C. The van der Waals surface area contributed by atoms with E-state index in [1.807, 2.05) is 36.6 Å². The molecular weight excluding hydrogens is 1130 g/mol. The molecule has 5 amide bonds. The number of anilines is 2. The number of fused-ring (bicyclic) bond motifs is 4. The van der Waals surface area contributed by atoms with Crippen LogP contribution >= 0.6 is 0 Å². The fraction of sp³-hybridized carbons (Fsp3) is 0.567. The third-order valence-electron chi connectivity index (χ3n) is 18.9. The van der Waals surface area contributed by atoms with Crippen LogP contribution in [0.15, 0.2) is 73.8 Å². The van der Waals surface area contributed by atoms with Crippen LogP contribution in [-0.4, -0.2) is 137 Å². The van der Waals surface area contributed by atoms with Crippen molar-refractivity contribution in [2.45, 2.75) is 168 Å². The lowest BCUT2D eigenvalue weighted by Crippen LogP contribution is -2.58. The Kier molecular flexibility index (Phi) is 19.4. The third kappa shape index (κ3) is 14.4. The van der Waals surface area contributed by atoms with Gasteiger partial charge in [-0.3, -0.25) is 28.9 Å². The Hall–Kier alpha value is -7.19. The highest BCUT2D eigenvalue weighted by molar-refractivity contribution is 6.74. The first-order valence-electron chi connectivity index (χ1n) is 30.9. The van der Waals surface area contributed by atoms with Gasteiger partial charge in [-0.15, -0.1) is 0 Å². The number of amides is 5. The number of ketones is 1. The normalized spacial score (nSPS) is 20.3. The number of ether oxygens (including phenoxy) is 6. The standard InChI is InChI=1S/C67H89N5O14Si/c1-13-26-83-58(74)33-48(42(3)4)59(75)68-44(6)54(73)31-45-18-20-46(21-19-45)39-85-64(79)72-52-35-55(43(5)30-49(52)61(77)71-41-67(24-25-67)37-53(71)62(72)86-87(11,12)65(7,8)9)81-28-16-15-17-29-82-57-34-51-50(32-56(57)80-10)60(76)70-40-66(22-23-66)36-47(70)38-69(51)63(78)84-27-14-2/h13-14,18-21,30,32,34-35,42,44,47-48,53,62H,1-2,15-17,22-29,31,33,36-41H2,3-12H3,(H,68,75)/t44-,47-,48-,53-,62?/m0/s1. The smallest absolute Gasteiger partial charge is 0.416 e. The fourth-order valence-corrected chi connectivity index (χ4v) is 13.5. The molecule has 87 heavy (non-hydrogen) atoms. The first-order chi connectivity index (χ1) is 41.3. The van der Waals surface area contributed by atoms with Crippen molar-refractivity contribution < 1.29 is 66.4 Å². The number of hydrogen-bond donors (Lipinski definition) is 1. The van der Waals surface area contributed by atoms with Crippen LogP contribution in [0.4, 0.5) is 21.0 Å². The Labute approximate surface area is 513 Å². The molecule has 2 spiro atoms. The number of carbonyl (C=O) groups is 7. The maximum atomic E-state index is 15.1. The van der Waals surface area contributed by atoms with Crippen molar-refractivity contribution in [1.29, 1.82) is 0 Å². The van der Waals surface area contributed by atoms with Crippen molar-refractivity contribution in [3.05, 3.63) is 102 Å². The molecule has 4 aliphatic heterocycles. The zero-order valence-electron chi connectivity index (χ0n) is 52.6. The van der Waals surface area contributed by atoms with Crippen LogP contribution in [0, 0.1) is 29.6 Å². The molecule has 4 heterocycles. The third-order valence-corrected chi connectivity index (χ3v) is 23.4. The number of Topliss-reactive ketones (excluding diaryl/α,β-unsaturated/α-hetero) is 1. The number of esters is 1. The Bertz CT molecular complexity index is 3130. The molecule has 6 aliphatic rings. The van der Waals surface area contributed by atoms with Crippen molar-refractivity contribution in [1.82, 2.24) is 15.1 Å². The van der Waals surface area contributed by atoms with E-state index in [2.05, 4.69) is 52.3 Å². The summed E-state index contributed by atoms with van der Waals surface area (Å²) in [6.45, 7) is 27.3. The number of nitrogens with zero attached hydrogens (tertiary/aromatic N) is 4. The molecule has 0 radical (unpaired) electrons. The monoisotopic (exact) mass is 1220 g/mol. The summed E-state index contributed by atoms with van der Waals surface area (Å²) in [6.07, 6.45) is 8.48. The van der Waals surface area contributed by atoms with Gasteiger partial charge in [0.15, 0.2) is 31.8 Å². The van der Waals surface area contributed by atoms with Gasteiger partial charge in [-0.1, -0.05) is 84.2 Å². The lowest BCUT2D eigenvalue weighted by molar-refractivity contribution is -0.146. The van der Waals surface area contributed by atoms with E-state index in [4.69, 9.17) is 32.8 Å². The number of nitrogens with one attached hydrogen (secondary N) is 1. The van der Waals surface area contributed by atoms with Gasteiger partial charge < -0.3 is 48.0 Å². The summed E-state index contributed by atoms with van der Waals surface area (Å²) in [5, 5.41) is 2.54. The molecule has 5 atom stereocenters. The van der Waals surface area contributed by atoms with Crippen LogP contribution in [0.2, 0.25) is 18.1 Å². The van der Waals surface area contributed by atoms with Gasteiger partial charge in [0.25, 0.3) is 11.8 Å². The minimum absolute atomic E-state index is 0.0261. The van der Waals surface area contributed by atoms with Crippen LogP contribution in [0.3, 0.4) is 0 Å². The molecule has 4 fully saturated rings. The van der Waals surface area contributed by atoms with E-state index in [0.29, 0.717) is 103 Å². The van der Waals surface area contributed by atoms with E-state index in [1.54, 1.807) is 59.2 Å². The van der Waals surface area contributed by atoms with Crippen LogP contribution in [-0.2, 0) is 46.0 Å². The maximum Gasteiger partial charge on any atom is 0.416 e. The number of rotatable bonds is 25. The number of carbonyl (C=O) groups excluding carboxylic acids is 7. The average molecular weight is 1220 g/mol. The van der Waals surface area contributed by atoms with Crippen molar-refractivity contribution in [3.8, 4) is 17.2 Å². The highest BCUT2D eigenvalue weighted by atomic mass is 28.4. The Morgan fingerprint density at radius 3 is 1.98 bits per heavy atom. The lowest BCUT2D eigenvalue weighted by Gasteiger charge is -2.44. The molecular formula is C67H89N5O14Si. The highest BCUT2D eigenvalue weighted by Gasteiger charge is 2.60. The minimum Gasteiger partial charge on any atom is -0.493 e. The summed E-state index contributed by atoms with van der Waals surface area (Å²) in [5.41, 5.74) is 3.70. The van der Waals surface area contributed by atoms with Gasteiger partial charge in [-0.25, -0.2) is 14.5 Å². The molecule has 19 nitrogen and oxygen atoms in total. The first kappa shape index (κ1) is 64.3. The molecule has 3 aromatic carbocycles. The summed E-state index contributed by atoms with van der Waals surface area (Å²) in [6, 6.07) is 12.8. The summed E-state index contributed by atoms with van der Waals surface area (Å²) in [5.74, 6) is -0.983. The van der Waals surface area contributed by atoms with E-state index >= 15 is 4.79 Å². The van der Waals surface area contributed by atoms with Gasteiger partial charge in [0, 0.05) is 38.2 Å². The first-order valence-corrected chi connectivity index (χ1v) is 33.8. The van der Waals surface area contributed by atoms with E-state index in [1.165, 1.54) is 19.3 Å². The van der Waals surface area contributed by atoms with Gasteiger partial charge in [0.05, 0.1) is 73.3 Å². The van der Waals surface area contributed by atoms with E-state index in [-0.39, 0.29) is 78.1 Å². The molecule has 2 aliphatic carbocycles. The minimum atomic E-state index is -2.64.